The molecule has 1 atom stereocenters. The predicted molar refractivity (Wildman–Crippen MR) is 114 cm³/mol. The molecule has 0 radical (unpaired) electrons. The first-order chi connectivity index (χ1) is 12.3. The highest BCUT2D eigenvalue weighted by Gasteiger charge is 2.42. The molecule has 0 amide bonds. The van der Waals surface area contributed by atoms with Crippen molar-refractivity contribution in [3.05, 3.63) is 48.0 Å². The molecule has 1 aromatic carbocycles. The van der Waals surface area contributed by atoms with E-state index in [9.17, 15) is 0 Å². The minimum absolute atomic E-state index is 0. The van der Waals surface area contributed by atoms with Crippen LogP contribution >= 0.6 is 24.0 Å². The molecule has 0 bridgehead atoms. The zero-order valence-corrected chi connectivity index (χ0v) is 17.5. The highest BCUT2D eigenvalue weighted by molar-refractivity contribution is 14.0. The Morgan fingerprint density at radius 3 is 2.85 bits per heavy atom. The van der Waals surface area contributed by atoms with Gasteiger partial charge in [-0.05, 0) is 36.7 Å². The Labute approximate surface area is 171 Å². The molecule has 2 heterocycles. The summed E-state index contributed by atoms with van der Waals surface area (Å²) in [5.41, 5.74) is 1.82. The number of rotatable bonds is 5. The third-order valence-electron chi connectivity index (χ3n) is 5.38. The van der Waals surface area contributed by atoms with Crippen LogP contribution in [0.2, 0.25) is 0 Å². The Kier molecular flexibility index (Phi) is 6.16. The molecule has 140 valence electrons. The second-order valence-corrected chi connectivity index (χ2v) is 7.33. The molecule has 4 rings (SSSR count). The largest absolute Gasteiger partial charge is 0.356 e. The van der Waals surface area contributed by atoms with Gasteiger partial charge in [0.25, 0.3) is 0 Å². The van der Waals surface area contributed by atoms with Crippen LogP contribution in [0.3, 0.4) is 0 Å². The highest BCUT2D eigenvalue weighted by atomic mass is 127. The van der Waals surface area contributed by atoms with Crippen molar-refractivity contribution in [3.63, 3.8) is 0 Å². The maximum absolute atomic E-state index is 4.41. The quantitative estimate of drug-likeness (QED) is 0.404. The number of aromatic nitrogens is 3. The third-order valence-corrected chi connectivity index (χ3v) is 5.38. The molecule has 2 N–H and O–H groups in total. The van der Waals surface area contributed by atoms with E-state index in [0.717, 1.165) is 44.1 Å². The van der Waals surface area contributed by atoms with E-state index in [2.05, 4.69) is 56.0 Å². The normalized spacial score (nSPS) is 20.7. The van der Waals surface area contributed by atoms with E-state index in [1.165, 1.54) is 18.4 Å². The summed E-state index contributed by atoms with van der Waals surface area (Å²) in [5.74, 6) is 1.98. The Morgan fingerprint density at radius 1 is 1.31 bits per heavy atom. The molecule has 0 saturated heterocycles. The number of guanidine groups is 1. The van der Waals surface area contributed by atoms with Crippen molar-refractivity contribution < 1.29 is 0 Å². The molecular weight excluding hydrogens is 439 g/mol. The monoisotopic (exact) mass is 466 g/mol. The van der Waals surface area contributed by atoms with Crippen molar-refractivity contribution in [1.82, 2.24) is 25.4 Å². The summed E-state index contributed by atoms with van der Waals surface area (Å²) in [7, 11) is 1.84. The van der Waals surface area contributed by atoms with Crippen LogP contribution in [0.15, 0.2) is 41.7 Å². The van der Waals surface area contributed by atoms with Crippen molar-refractivity contribution in [2.75, 3.05) is 13.6 Å². The van der Waals surface area contributed by atoms with E-state index in [0.29, 0.717) is 11.5 Å². The summed E-state index contributed by atoms with van der Waals surface area (Å²) in [5, 5.41) is 11.4. The summed E-state index contributed by atoms with van der Waals surface area (Å²) in [6, 6.07) is 11.1. The van der Waals surface area contributed by atoms with E-state index in [1.807, 2.05) is 11.7 Å². The molecule has 1 aliphatic heterocycles. The van der Waals surface area contributed by atoms with Crippen LogP contribution in [-0.2, 0) is 19.4 Å². The molecule has 1 unspecified atom stereocenters. The number of nitrogens with zero attached hydrogens (tertiary/aromatic N) is 4. The van der Waals surface area contributed by atoms with E-state index in [4.69, 9.17) is 0 Å². The minimum atomic E-state index is 0. The van der Waals surface area contributed by atoms with Crippen molar-refractivity contribution >= 4 is 29.9 Å². The lowest BCUT2D eigenvalue weighted by Gasteiger charge is -2.26. The van der Waals surface area contributed by atoms with Gasteiger partial charge in [0.15, 0.2) is 5.96 Å². The lowest BCUT2D eigenvalue weighted by atomic mass is 9.96. The smallest absolute Gasteiger partial charge is 0.191 e. The van der Waals surface area contributed by atoms with E-state index < -0.39 is 0 Å². The fourth-order valence-electron chi connectivity index (χ4n) is 3.64. The second kappa shape index (κ2) is 8.37. The van der Waals surface area contributed by atoms with Gasteiger partial charge in [0, 0.05) is 26.1 Å². The summed E-state index contributed by atoms with van der Waals surface area (Å²) in [4.78, 5) is 8.70. The molecule has 26 heavy (non-hydrogen) atoms. The molecular formula is C19H27IN6. The van der Waals surface area contributed by atoms with Gasteiger partial charge >= 0.3 is 0 Å². The van der Waals surface area contributed by atoms with E-state index >= 15 is 0 Å². The Balaban J connectivity index is 0.00000196. The number of aryl methyl sites for hydroxylation is 1. The predicted octanol–water partition coefficient (Wildman–Crippen LogP) is 2.40. The van der Waals surface area contributed by atoms with E-state index in [1.54, 1.807) is 6.33 Å². The van der Waals surface area contributed by atoms with Crippen molar-refractivity contribution in [1.29, 1.82) is 0 Å². The van der Waals surface area contributed by atoms with Crippen LogP contribution in [0, 0.1) is 5.41 Å². The van der Waals surface area contributed by atoms with Gasteiger partial charge in [-0.15, -0.1) is 24.0 Å². The molecule has 1 saturated carbocycles. The minimum Gasteiger partial charge on any atom is -0.356 e. The van der Waals surface area contributed by atoms with Crippen molar-refractivity contribution in [2.45, 2.75) is 44.7 Å². The fourth-order valence-corrected chi connectivity index (χ4v) is 3.64. The molecule has 2 aliphatic rings. The average molecular weight is 466 g/mol. The summed E-state index contributed by atoms with van der Waals surface area (Å²) < 4.78 is 1.99. The Hall–Kier alpha value is -1.64. The summed E-state index contributed by atoms with van der Waals surface area (Å²) >= 11 is 0. The van der Waals surface area contributed by atoms with Crippen LogP contribution in [0.5, 0.6) is 0 Å². The molecule has 1 aromatic heterocycles. The maximum atomic E-state index is 4.41. The number of aliphatic imine (C=N–C) groups is 1. The first kappa shape index (κ1) is 19.1. The van der Waals surface area contributed by atoms with Crippen LogP contribution in [0.25, 0.3) is 0 Å². The van der Waals surface area contributed by atoms with Crippen LogP contribution in [0.1, 0.15) is 30.7 Å². The zero-order valence-electron chi connectivity index (χ0n) is 15.2. The second-order valence-electron chi connectivity index (χ2n) is 7.33. The standard InChI is InChI=1S/C19H26N6.HI/c1-20-18(24-16-7-8-17-22-14-23-25(17)12-16)21-13-19(9-10-19)11-15-5-3-2-4-6-15;/h2-6,14,16H,7-13H2,1H3,(H2,20,21,24);1H. The third kappa shape index (κ3) is 4.55. The number of halogens is 1. The van der Waals surface area contributed by atoms with Crippen LogP contribution in [-0.4, -0.2) is 40.4 Å². The SMILES string of the molecule is CN=C(NCC1(Cc2ccccc2)CC1)NC1CCc2ncnn2C1.I. The van der Waals surface area contributed by atoms with Crippen LogP contribution in [0.4, 0.5) is 0 Å². The lowest BCUT2D eigenvalue weighted by molar-refractivity contribution is 0.390. The number of nitrogens with one attached hydrogen (secondary N) is 2. The first-order valence-electron chi connectivity index (χ1n) is 9.14. The number of fused-ring (bicyclic) bond motifs is 1. The average Bonchev–Trinajstić information content (AvgIpc) is 3.24. The highest BCUT2D eigenvalue weighted by Crippen LogP contribution is 2.47. The van der Waals surface area contributed by atoms with Gasteiger partial charge < -0.3 is 10.6 Å². The molecule has 0 spiro atoms. The molecule has 1 aliphatic carbocycles. The fraction of sp³-hybridized carbons (Fsp3) is 0.526. The van der Waals surface area contributed by atoms with Gasteiger partial charge in [-0.1, -0.05) is 30.3 Å². The first-order valence-corrected chi connectivity index (χ1v) is 9.14. The molecule has 7 heteroatoms. The number of hydrogen-bond acceptors (Lipinski definition) is 3. The van der Waals surface area contributed by atoms with E-state index in [-0.39, 0.29) is 24.0 Å². The topological polar surface area (TPSA) is 67.1 Å². The zero-order chi connectivity index (χ0) is 17.1. The van der Waals surface area contributed by atoms with Crippen LogP contribution < -0.4 is 10.6 Å². The van der Waals surface area contributed by atoms with Crippen molar-refractivity contribution in [3.8, 4) is 0 Å². The Morgan fingerprint density at radius 2 is 2.12 bits per heavy atom. The molecule has 1 fully saturated rings. The number of hydrogen-bond donors (Lipinski definition) is 2. The summed E-state index contributed by atoms with van der Waals surface area (Å²) in [6.45, 7) is 1.83. The molecule has 2 aromatic rings. The van der Waals surface area contributed by atoms with Gasteiger partial charge in [-0.2, -0.15) is 5.10 Å². The van der Waals surface area contributed by atoms with Gasteiger partial charge in [0.1, 0.15) is 12.2 Å². The lowest BCUT2D eigenvalue weighted by Crippen LogP contribution is -2.48. The van der Waals surface area contributed by atoms with Gasteiger partial charge in [0.2, 0.25) is 0 Å². The summed E-state index contributed by atoms with van der Waals surface area (Å²) in [6.07, 6.45) is 7.39. The van der Waals surface area contributed by atoms with Crippen molar-refractivity contribution in [2.24, 2.45) is 10.4 Å². The number of benzene rings is 1. The molecule has 6 nitrogen and oxygen atoms in total. The maximum Gasteiger partial charge on any atom is 0.191 e. The Bertz CT molecular complexity index is 737. The van der Waals surface area contributed by atoms with Gasteiger partial charge in [-0.25, -0.2) is 9.67 Å². The van der Waals surface area contributed by atoms with Gasteiger partial charge in [0.05, 0.1) is 6.54 Å². The van der Waals surface area contributed by atoms with Gasteiger partial charge in [-0.3, -0.25) is 4.99 Å².